The van der Waals surface area contributed by atoms with Crippen LogP contribution in [0.2, 0.25) is 4.47 Å². The van der Waals surface area contributed by atoms with Crippen molar-refractivity contribution in [2.24, 2.45) is 0 Å². The molecule has 2 aromatic heterocycles. The molecule has 0 atom stereocenters. The number of aromatic nitrogens is 2. The van der Waals surface area contributed by atoms with Crippen molar-refractivity contribution < 1.29 is 14.6 Å². The van der Waals surface area contributed by atoms with Crippen molar-refractivity contribution >= 4 is 34.7 Å². The van der Waals surface area contributed by atoms with E-state index in [4.69, 9.17) is 21.4 Å². The molecule has 0 unspecified atom stereocenters. The minimum Gasteiger partial charge on any atom is -0.495 e. The van der Waals surface area contributed by atoms with Gasteiger partial charge >= 0.3 is 5.97 Å². The SMILES string of the molecule is COc1ccc(N(CC(=O)O)Cc2cnc(Cl)s2)nc1. The molecular formula is C12H12ClN3O3S. The molecule has 8 heteroatoms. The second-order valence-corrected chi connectivity index (χ2v) is 5.58. The maximum absolute atomic E-state index is 11.0. The number of halogens is 1. The summed E-state index contributed by atoms with van der Waals surface area (Å²) in [5, 5.41) is 9.00. The van der Waals surface area contributed by atoms with Crippen LogP contribution in [0, 0.1) is 0 Å². The van der Waals surface area contributed by atoms with Crippen LogP contribution >= 0.6 is 22.9 Å². The molecule has 106 valence electrons. The molecule has 0 spiro atoms. The Morgan fingerprint density at radius 2 is 2.25 bits per heavy atom. The summed E-state index contributed by atoms with van der Waals surface area (Å²) in [5.41, 5.74) is 0. The predicted octanol–water partition coefficient (Wildman–Crippen LogP) is 2.29. The number of pyridine rings is 1. The van der Waals surface area contributed by atoms with Crippen LogP contribution in [-0.2, 0) is 11.3 Å². The number of carboxylic acid groups (broad SMARTS) is 1. The highest BCUT2D eigenvalue weighted by atomic mass is 35.5. The highest BCUT2D eigenvalue weighted by Crippen LogP contribution is 2.22. The maximum Gasteiger partial charge on any atom is 0.323 e. The Labute approximate surface area is 124 Å². The number of carbonyl (C=O) groups is 1. The van der Waals surface area contributed by atoms with Gasteiger partial charge in [-0.3, -0.25) is 4.79 Å². The molecule has 0 bridgehead atoms. The van der Waals surface area contributed by atoms with Crippen molar-refractivity contribution in [2.45, 2.75) is 6.54 Å². The van der Waals surface area contributed by atoms with E-state index in [1.54, 1.807) is 36.5 Å². The number of methoxy groups -OCH3 is 1. The van der Waals surface area contributed by atoms with Gasteiger partial charge in [0, 0.05) is 11.1 Å². The zero-order valence-electron chi connectivity index (χ0n) is 10.6. The average Bonchev–Trinajstić information content (AvgIpc) is 2.83. The molecule has 2 aromatic rings. The predicted molar refractivity (Wildman–Crippen MR) is 76.6 cm³/mol. The van der Waals surface area contributed by atoms with Gasteiger partial charge in [0.25, 0.3) is 0 Å². The molecule has 1 N–H and O–H groups in total. The average molecular weight is 314 g/mol. The van der Waals surface area contributed by atoms with Crippen LogP contribution in [0.4, 0.5) is 5.82 Å². The van der Waals surface area contributed by atoms with Gasteiger partial charge in [-0.1, -0.05) is 11.6 Å². The summed E-state index contributed by atoms with van der Waals surface area (Å²) in [5.74, 6) is 0.237. The monoisotopic (exact) mass is 313 g/mol. The van der Waals surface area contributed by atoms with E-state index in [0.717, 1.165) is 4.88 Å². The summed E-state index contributed by atoms with van der Waals surface area (Å²) in [6, 6.07) is 3.45. The highest BCUT2D eigenvalue weighted by Gasteiger charge is 2.14. The number of hydrogen-bond acceptors (Lipinski definition) is 6. The van der Waals surface area contributed by atoms with E-state index >= 15 is 0 Å². The van der Waals surface area contributed by atoms with Gasteiger partial charge in [0.2, 0.25) is 0 Å². The number of aliphatic carboxylic acids is 1. The molecule has 0 aromatic carbocycles. The zero-order chi connectivity index (χ0) is 14.5. The second-order valence-electron chi connectivity index (χ2n) is 3.89. The molecule has 0 aliphatic heterocycles. The number of ether oxygens (including phenoxy) is 1. The first-order valence-electron chi connectivity index (χ1n) is 5.65. The maximum atomic E-state index is 11.0. The van der Waals surface area contributed by atoms with E-state index in [0.29, 0.717) is 22.6 Å². The molecule has 0 aliphatic carbocycles. The smallest absolute Gasteiger partial charge is 0.323 e. The fraction of sp³-hybridized carbons (Fsp3) is 0.250. The molecule has 0 amide bonds. The van der Waals surface area contributed by atoms with Gasteiger partial charge in [0.05, 0.1) is 19.9 Å². The fourth-order valence-corrected chi connectivity index (χ4v) is 2.60. The summed E-state index contributed by atoms with van der Waals surface area (Å²) in [6.45, 7) is 0.227. The minimum absolute atomic E-state index is 0.158. The number of nitrogens with zero attached hydrogens (tertiary/aromatic N) is 3. The van der Waals surface area contributed by atoms with Crippen molar-refractivity contribution in [3.05, 3.63) is 33.9 Å². The molecule has 0 saturated heterocycles. The van der Waals surface area contributed by atoms with Gasteiger partial charge < -0.3 is 14.7 Å². The van der Waals surface area contributed by atoms with Crippen molar-refractivity contribution in [1.82, 2.24) is 9.97 Å². The van der Waals surface area contributed by atoms with E-state index in [2.05, 4.69) is 9.97 Å². The van der Waals surface area contributed by atoms with E-state index < -0.39 is 5.97 Å². The minimum atomic E-state index is -0.932. The largest absolute Gasteiger partial charge is 0.495 e. The Balaban J connectivity index is 2.19. The van der Waals surface area contributed by atoms with Crippen LogP contribution in [-0.4, -0.2) is 34.7 Å². The lowest BCUT2D eigenvalue weighted by Gasteiger charge is -2.20. The lowest BCUT2D eigenvalue weighted by molar-refractivity contribution is -0.135. The van der Waals surface area contributed by atoms with Crippen LogP contribution in [0.25, 0.3) is 0 Å². The van der Waals surface area contributed by atoms with Crippen molar-refractivity contribution in [2.75, 3.05) is 18.6 Å². The molecule has 20 heavy (non-hydrogen) atoms. The van der Waals surface area contributed by atoms with E-state index in [1.165, 1.54) is 11.3 Å². The van der Waals surface area contributed by atoms with Crippen LogP contribution in [0.1, 0.15) is 4.88 Å². The molecular weight excluding hydrogens is 302 g/mol. The molecule has 6 nitrogen and oxygen atoms in total. The standard InChI is InChI=1S/C12H12ClN3O3S/c1-19-8-2-3-10(14-4-8)16(7-11(17)18)6-9-5-15-12(13)20-9/h2-5H,6-7H2,1H3,(H,17,18). The molecule has 0 fully saturated rings. The van der Waals surface area contributed by atoms with Crippen LogP contribution < -0.4 is 9.64 Å². The quantitative estimate of drug-likeness (QED) is 0.882. The third-order valence-corrected chi connectivity index (χ3v) is 3.58. The van der Waals surface area contributed by atoms with E-state index in [9.17, 15) is 4.79 Å². The molecule has 2 heterocycles. The zero-order valence-corrected chi connectivity index (χ0v) is 12.2. The Morgan fingerprint density at radius 3 is 2.75 bits per heavy atom. The number of thiazole rings is 1. The van der Waals surface area contributed by atoms with E-state index in [1.807, 2.05) is 0 Å². The summed E-state index contributed by atoms with van der Waals surface area (Å²) in [4.78, 5) is 21.6. The Kier molecular flexibility index (Phi) is 4.75. The molecule has 2 rings (SSSR count). The highest BCUT2D eigenvalue weighted by molar-refractivity contribution is 7.15. The lowest BCUT2D eigenvalue weighted by Crippen LogP contribution is -2.29. The Morgan fingerprint density at radius 1 is 1.45 bits per heavy atom. The van der Waals surface area contributed by atoms with Crippen molar-refractivity contribution in [3.8, 4) is 5.75 Å². The summed E-state index contributed by atoms with van der Waals surface area (Å²) in [6.07, 6.45) is 3.18. The molecule has 0 aliphatic rings. The van der Waals surface area contributed by atoms with Crippen LogP contribution in [0.3, 0.4) is 0 Å². The normalized spacial score (nSPS) is 10.3. The first-order valence-corrected chi connectivity index (χ1v) is 6.85. The van der Waals surface area contributed by atoms with Gasteiger partial charge in [0.15, 0.2) is 4.47 Å². The topological polar surface area (TPSA) is 75.5 Å². The molecule has 0 radical (unpaired) electrons. The van der Waals surface area contributed by atoms with Crippen LogP contribution in [0.5, 0.6) is 5.75 Å². The van der Waals surface area contributed by atoms with Gasteiger partial charge in [-0.2, -0.15) is 0 Å². The van der Waals surface area contributed by atoms with E-state index in [-0.39, 0.29) is 6.54 Å². The van der Waals surface area contributed by atoms with Gasteiger partial charge in [-0.05, 0) is 12.1 Å². The number of rotatable bonds is 6. The summed E-state index contributed by atoms with van der Waals surface area (Å²) < 4.78 is 5.46. The third kappa shape index (κ3) is 3.82. The first kappa shape index (κ1) is 14.5. The van der Waals surface area contributed by atoms with Crippen LogP contribution in [0.15, 0.2) is 24.5 Å². The van der Waals surface area contributed by atoms with Crippen molar-refractivity contribution in [3.63, 3.8) is 0 Å². The lowest BCUT2D eigenvalue weighted by atomic mass is 10.3. The number of anilines is 1. The van der Waals surface area contributed by atoms with Gasteiger partial charge in [-0.15, -0.1) is 11.3 Å². The summed E-state index contributed by atoms with van der Waals surface area (Å²) in [7, 11) is 1.55. The number of hydrogen-bond donors (Lipinski definition) is 1. The first-order chi connectivity index (χ1) is 9.58. The molecule has 0 saturated carbocycles. The second kappa shape index (κ2) is 6.53. The Bertz CT molecular complexity index is 588. The number of carboxylic acids is 1. The summed E-state index contributed by atoms with van der Waals surface area (Å²) >= 11 is 7.09. The van der Waals surface area contributed by atoms with Gasteiger partial charge in [-0.25, -0.2) is 9.97 Å². The Hall–Kier alpha value is -1.86. The fourth-order valence-electron chi connectivity index (χ4n) is 1.61. The van der Waals surface area contributed by atoms with Gasteiger partial charge in [0.1, 0.15) is 18.1 Å². The van der Waals surface area contributed by atoms with Crippen molar-refractivity contribution in [1.29, 1.82) is 0 Å². The third-order valence-electron chi connectivity index (χ3n) is 2.48.